The molecule has 0 aliphatic heterocycles. The highest BCUT2D eigenvalue weighted by atomic mass is 19.1. The van der Waals surface area contributed by atoms with Gasteiger partial charge in [0, 0.05) is 19.5 Å². The third-order valence-corrected chi connectivity index (χ3v) is 3.53. The van der Waals surface area contributed by atoms with E-state index in [0.717, 1.165) is 31.5 Å². The maximum Gasteiger partial charge on any atom is 0.100 e. The smallest absolute Gasteiger partial charge is 0.100 e. The summed E-state index contributed by atoms with van der Waals surface area (Å²) in [6, 6.07) is 10.2. The summed E-state index contributed by atoms with van der Waals surface area (Å²) in [6.45, 7) is 1.55. The number of allylic oxidation sites excluding steroid dienone is 1. The minimum Gasteiger partial charge on any atom is -0.312 e. The third kappa shape index (κ3) is 4.26. The number of rotatable bonds is 5. The van der Waals surface area contributed by atoms with Crippen LogP contribution in [0.1, 0.15) is 44.1 Å². The van der Waals surface area contributed by atoms with Gasteiger partial charge in [0.05, 0.1) is 0 Å². The monoisotopic (exact) mass is 247 g/mol. The zero-order valence-corrected chi connectivity index (χ0v) is 10.9. The average Bonchev–Trinajstić information content (AvgIpc) is 2.45. The first-order valence-corrected chi connectivity index (χ1v) is 6.97. The molecule has 1 aromatic carbocycles. The van der Waals surface area contributed by atoms with E-state index in [1.165, 1.54) is 24.8 Å². The molecule has 2 rings (SSSR count). The number of halogens is 1. The van der Waals surface area contributed by atoms with Crippen LogP contribution in [0.3, 0.4) is 0 Å². The molecule has 1 saturated carbocycles. The lowest BCUT2D eigenvalue weighted by atomic mass is 9.93. The molecule has 0 radical (unpaired) electrons. The van der Waals surface area contributed by atoms with Gasteiger partial charge in [-0.1, -0.05) is 36.8 Å². The van der Waals surface area contributed by atoms with Crippen molar-refractivity contribution in [2.24, 2.45) is 0 Å². The molecule has 1 aliphatic rings. The van der Waals surface area contributed by atoms with Crippen molar-refractivity contribution in [3.8, 4) is 0 Å². The summed E-state index contributed by atoms with van der Waals surface area (Å²) in [4.78, 5) is 0. The van der Waals surface area contributed by atoms with Gasteiger partial charge in [0.1, 0.15) is 5.83 Å². The lowest BCUT2D eigenvalue weighted by Gasteiger charge is -2.15. The van der Waals surface area contributed by atoms with E-state index in [0.29, 0.717) is 6.42 Å². The number of benzene rings is 1. The fourth-order valence-electron chi connectivity index (χ4n) is 2.45. The van der Waals surface area contributed by atoms with E-state index in [4.69, 9.17) is 0 Å². The van der Waals surface area contributed by atoms with Crippen molar-refractivity contribution in [1.29, 1.82) is 0 Å². The van der Waals surface area contributed by atoms with E-state index < -0.39 is 0 Å². The molecule has 0 spiro atoms. The van der Waals surface area contributed by atoms with Crippen molar-refractivity contribution in [3.05, 3.63) is 47.3 Å². The van der Waals surface area contributed by atoms with Crippen LogP contribution >= 0.6 is 0 Å². The molecule has 1 fully saturated rings. The Kier molecular flexibility index (Phi) is 5.40. The van der Waals surface area contributed by atoms with E-state index >= 15 is 0 Å². The van der Waals surface area contributed by atoms with Gasteiger partial charge in [0.15, 0.2) is 0 Å². The Morgan fingerprint density at radius 3 is 2.50 bits per heavy atom. The van der Waals surface area contributed by atoms with Gasteiger partial charge in [0.2, 0.25) is 0 Å². The first kappa shape index (κ1) is 13.3. The molecule has 2 heteroatoms. The number of hydrogen-bond acceptors (Lipinski definition) is 1. The molecule has 0 saturated heterocycles. The van der Waals surface area contributed by atoms with Crippen molar-refractivity contribution < 1.29 is 4.39 Å². The van der Waals surface area contributed by atoms with Crippen molar-refractivity contribution in [1.82, 2.24) is 5.32 Å². The summed E-state index contributed by atoms with van der Waals surface area (Å²) in [5.41, 5.74) is 2.32. The van der Waals surface area contributed by atoms with Gasteiger partial charge >= 0.3 is 0 Å². The predicted molar refractivity (Wildman–Crippen MR) is 74.0 cm³/mol. The molecule has 18 heavy (non-hydrogen) atoms. The van der Waals surface area contributed by atoms with Crippen LogP contribution in [0.2, 0.25) is 0 Å². The minimum atomic E-state index is 0.135. The molecule has 0 amide bonds. The van der Waals surface area contributed by atoms with E-state index in [9.17, 15) is 4.39 Å². The molecule has 1 aromatic rings. The van der Waals surface area contributed by atoms with E-state index in [1.54, 1.807) is 0 Å². The Balaban J connectivity index is 1.69. The van der Waals surface area contributed by atoms with Gasteiger partial charge in [-0.05, 0) is 36.8 Å². The second-order valence-corrected chi connectivity index (χ2v) is 4.98. The maximum atomic E-state index is 13.9. The molecule has 0 atom stereocenters. The summed E-state index contributed by atoms with van der Waals surface area (Å²) in [5, 5.41) is 3.30. The third-order valence-electron chi connectivity index (χ3n) is 3.53. The molecule has 98 valence electrons. The summed E-state index contributed by atoms with van der Waals surface area (Å²) in [5.74, 6) is 0.135. The summed E-state index contributed by atoms with van der Waals surface area (Å²) in [7, 11) is 0. The van der Waals surface area contributed by atoms with Crippen molar-refractivity contribution in [2.45, 2.75) is 45.1 Å². The fourth-order valence-corrected chi connectivity index (χ4v) is 2.45. The zero-order chi connectivity index (χ0) is 12.6. The highest BCUT2D eigenvalue weighted by molar-refractivity contribution is 5.14. The normalized spacial score (nSPS) is 15.7. The quantitative estimate of drug-likeness (QED) is 0.763. The fraction of sp³-hybridized carbons (Fsp3) is 0.500. The molecular formula is C16H22FN. The molecule has 1 nitrogen and oxygen atoms in total. The largest absolute Gasteiger partial charge is 0.312 e. The van der Waals surface area contributed by atoms with Gasteiger partial charge in [-0.25, -0.2) is 4.39 Å². The Labute approximate surface area is 109 Å². The molecule has 0 aromatic heterocycles. The lowest BCUT2D eigenvalue weighted by Crippen LogP contribution is -2.15. The summed E-state index contributed by atoms with van der Waals surface area (Å²) < 4.78 is 13.9. The van der Waals surface area contributed by atoms with Crippen LogP contribution in [0.25, 0.3) is 0 Å². The Morgan fingerprint density at radius 2 is 1.78 bits per heavy atom. The molecule has 0 bridgehead atoms. The summed E-state index contributed by atoms with van der Waals surface area (Å²) in [6.07, 6.45) is 6.10. The zero-order valence-electron chi connectivity index (χ0n) is 10.9. The molecule has 1 aliphatic carbocycles. The van der Waals surface area contributed by atoms with Gasteiger partial charge in [0.25, 0.3) is 0 Å². The van der Waals surface area contributed by atoms with E-state index in [-0.39, 0.29) is 5.83 Å². The Hall–Kier alpha value is -1.15. The van der Waals surface area contributed by atoms with E-state index in [2.05, 4.69) is 17.4 Å². The maximum absolute atomic E-state index is 13.9. The van der Waals surface area contributed by atoms with Crippen LogP contribution < -0.4 is 5.32 Å². The van der Waals surface area contributed by atoms with E-state index in [1.807, 2.05) is 18.2 Å². The lowest BCUT2D eigenvalue weighted by molar-refractivity contribution is 0.509. The standard InChI is InChI=1S/C16H22FN/c17-16(15-9-5-2-6-10-15)11-12-18-13-14-7-3-1-4-8-14/h1,3-4,7-8,18H,2,5-6,9-13H2. The van der Waals surface area contributed by atoms with Crippen molar-refractivity contribution in [2.75, 3.05) is 6.54 Å². The molecule has 0 unspecified atom stereocenters. The average molecular weight is 247 g/mol. The van der Waals surface area contributed by atoms with Gasteiger partial charge in [-0.3, -0.25) is 0 Å². The topological polar surface area (TPSA) is 12.0 Å². The second-order valence-electron chi connectivity index (χ2n) is 4.98. The predicted octanol–water partition coefficient (Wildman–Crippen LogP) is 4.35. The highest BCUT2D eigenvalue weighted by Crippen LogP contribution is 2.27. The summed E-state index contributed by atoms with van der Waals surface area (Å²) >= 11 is 0. The molecule has 1 N–H and O–H groups in total. The van der Waals surface area contributed by atoms with Gasteiger partial charge < -0.3 is 5.32 Å². The van der Waals surface area contributed by atoms with Crippen LogP contribution in [-0.2, 0) is 6.54 Å². The van der Waals surface area contributed by atoms with Crippen LogP contribution in [0.5, 0.6) is 0 Å². The van der Waals surface area contributed by atoms with Gasteiger partial charge in [-0.15, -0.1) is 0 Å². The first-order chi connectivity index (χ1) is 8.86. The highest BCUT2D eigenvalue weighted by Gasteiger charge is 2.10. The number of hydrogen-bond donors (Lipinski definition) is 1. The Bertz CT molecular complexity index is 375. The van der Waals surface area contributed by atoms with Crippen LogP contribution in [0, 0.1) is 0 Å². The van der Waals surface area contributed by atoms with Crippen LogP contribution in [0.4, 0.5) is 4.39 Å². The van der Waals surface area contributed by atoms with Gasteiger partial charge in [-0.2, -0.15) is 0 Å². The number of nitrogens with one attached hydrogen (secondary N) is 1. The molecule has 0 heterocycles. The van der Waals surface area contributed by atoms with Crippen LogP contribution in [-0.4, -0.2) is 6.54 Å². The molecular weight excluding hydrogens is 225 g/mol. The van der Waals surface area contributed by atoms with Crippen LogP contribution in [0.15, 0.2) is 41.7 Å². The Morgan fingerprint density at radius 1 is 1.06 bits per heavy atom. The first-order valence-electron chi connectivity index (χ1n) is 6.97. The minimum absolute atomic E-state index is 0.135. The SMILES string of the molecule is FC(CCNCc1ccccc1)=C1CCCCC1. The van der Waals surface area contributed by atoms with Crippen molar-refractivity contribution in [3.63, 3.8) is 0 Å². The van der Waals surface area contributed by atoms with Crippen molar-refractivity contribution >= 4 is 0 Å². The second kappa shape index (κ2) is 7.32.